The standard InChI is InChI=1S/C24H25N9OS/c1-2-19-28-22(31-23(30-19)32-11-13-33(14-12-32)24-26-10-15-35-24)29-20-16-17(8-9-25-20)21(34)27-18-6-4-3-5-7-18/h3-10,15-16H,2,11-14H2,1H3,(H,27,34)(H,25,28,29,30,31). The van der Waals surface area contributed by atoms with Crippen LogP contribution in [0.4, 0.5) is 28.5 Å². The smallest absolute Gasteiger partial charge is 0.255 e. The lowest BCUT2D eigenvalue weighted by atomic mass is 10.2. The summed E-state index contributed by atoms with van der Waals surface area (Å²) in [5, 5.41) is 9.07. The third-order valence-corrected chi connectivity index (χ3v) is 6.36. The van der Waals surface area contributed by atoms with Crippen molar-refractivity contribution in [3.8, 4) is 0 Å². The van der Waals surface area contributed by atoms with Crippen LogP contribution in [-0.2, 0) is 6.42 Å². The average molecular weight is 488 g/mol. The molecule has 0 spiro atoms. The number of nitrogens with one attached hydrogen (secondary N) is 2. The summed E-state index contributed by atoms with van der Waals surface area (Å²) < 4.78 is 0. The van der Waals surface area contributed by atoms with Gasteiger partial charge in [0.2, 0.25) is 11.9 Å². The molecule has 1 amide bonds. The van der Waals surface area contributed by atoms with E-state index < -0.39 is 0 Å². The Bertz CT molecular complexity index is 1280. The number of aryl methyl sites for hydroxylation is 1. The van der Waals surface area contributed by atoms with Gasteiger partial charge in [-0.1, -0.05) is 25.1 Å². The summed E-state index contributed by atoms with van der Waals surface area (Å²) in [5.41, 5.74) is 1.21. The number of pyridine rings is 1. The normalized spacial score (nSPS) is 13.5. The van der Waals surface area contributed by atoms with E-state index in [1.807, 2.05) is 48.8 Å². The summed E-state index contributed by atoms with van der Waals surface area (Å²) >= 11 is 1.65. The molecule has 3 aromatic heterocycles. The minimum atomic E-state index is -0.217. The fraction of sp³-hybridized carbons (Fsp3) is 0.250. The minimum Gasteiger partial charge on any atom is -0.345 e. The minimum absolute atomic E-state index is 0.217. The molecular formula is C24H25N9OS. The Balaban J connectivity index is 1.29. The topological polar surface area (TPSA) is 112 Å². The summed E-state index contributed by atoms with van der Waals surface area (Å²) in [6, 6.07) is 12.7. The second kappa shape index (κ2) is 10.4. The Morgan fingerprint density at radius 2 is 1.77 bits per heavy atom. The molecule has 0 bridgehead atoms. The number of aromatic nitrogens is 5. The molecule has 4 heterocycles. The molecule has 35 heavy (non-hydrogen) atoms. The van der Waals surface area contributed by atoms with Crippen molar-refractivity contribution in [2.45, 2.75) is 13.3 Å². The van der Waals surface area contributed by atoms with E-state index in [1.165, 1.54) is 0 Å². The molecular weight excluding hydrogens is 462 g/mol. The Morgan fingerprint density at radius 1 is 0.971 bits per heavy atom. The zero-order valence-electron chi connectivity index (χ0n) is 19.3. The molecule has 1 aromatic carbocycles. The maximum atomic E-state index is 12.7. The number of hydrogen-bond acceptors (Lipinski definition) is 10. The van der Waals surface area contributed by atoms with Crippen molar-refractivity contribution in [1.29, 1.82) is 0 Å². The van der Waals surface area contributed by atoms with Crippen LogP contribution in [0.5, 0.6) is 0 Å². The van der Waals surface area contributed by atoms with Crippen LogP contribution in [-0.4, -0.2) is 57.0 Å². The molecule has 4 aromatic rings. The van der Waals surface area contributed by atoms with Gasteiger partial charge in [-0.05, 0) is 24.3 Å². The van der Waals surface area contributed by atoms with Gasteiger partial charge >= 0.3 is 0 Å². The SMILES string of the molecule is CCc1nc(Nc2cc(C(=O)Nc3ccccc3)ccn2)nc(N2CCN(c3nccs3)CC2)n1. The van der Waals surface area contributed by atoms with E-state index in [0.717, 1.165) is 37.0 Å². The van der Waals surface area contributed by atoms with Crippen LogP contribution in [0.15, 0.2) is 60.2 Å². The lowest BCUT2D eigenvalue weighted by molar-refractivity contribution is 0.102. The van der Waals surface area contributed by atoms with Crippen molar-refractivity contribution in [2.24, 2.45) is 0 Å². The number of rotatable bonds is 7. The number of nitrogens with zero attached hydrogens (tertiary/aromatic N) is 7. The molecule has 0 radical (unpaired) electrons. The number of anilines is 5. The van der Waals surface area contributed by atoms with Crippen LogP contribution in [0.2, 0.25) is 0 Å². The van der Waals surface area contributed by atoms with Crippen molar-refractivity contribution >= 4 is 45.8 Å². The van der Waals surface area contributed by atoms with Gasteiger partial charge in [0.15, 0.2) is 5.13 Å². The zero-order valence-corrected chi connectivity index (χ0v) is 20.1. The Hall–Kier alpha value is -4.12. The van der Waals surface area contributed by atoms with Crippen LogP contribution in [0.1, 0.15) is 23.1 Å². The van der Waals surface area contributed by atoms with E-state index in [9.17, 15) is 4.79 Å². The van der Waals surface area contributed by atoms with Gasteiger partial charge in [0, 0.05) is 61.6 Å². The first kappa shape index (κ1) is 22.7. The fourth-order valence-electron chi connectivity index (χ4n) is 3.71. The first-order valence-corrected chi connectivity index (χ1v) is 12.3. The van der Waals surface area contributed by atoms with Gasteiger partial charge in [-0.2, -0.15) is 15.0 Å². The molecule has 0 saturated carbocycles. The van der Waals surface area contributed by atoms with E-state index >= 15 is 0 Å². The van der Waals surface area contributed by atoms with Crippen molar-refractivity contribution in [3.05, 3.63) is 71.6 Å². The fourth-order valence-corrected chi connectivity index (χ4v) is 4.41. The van der Waals surface area contributed by atoms with Gasteiger partial charge in [-0.3, -0.25) is 4.79 Å². The summed E-state index contributed by atoms with van der Waals surface area (Å²) in [6.45, 7) is 5.29. The Kier molecular flexibility index (Phi) is 6.75. The summed E-state index contributed by atoms with van der Waals surface area (Å²) in [4.78, 5) is 39.7. The second-order valence-corrected chi connectivity index (χ2v) is 8.77. The number of piperazine rings is 1. The van der Waals surface area contributed by atoms with Gasteiger partial charge in [-0.25, -0.2) is 9.97 Å². The van der Waals surface area contributed by atoms with Crippen LogP contribution in [0, 0.1) is 0 Å². The van der Waals surface area contributed by atoms with E-state index in [4.69, 9.17) is 0 Å². The summed E-state index contributed by atoms with van der Waals surface area (Å²) in [5.74, 6) is 2.00. The summed E-state index contributed by atoms with van der Waals surface area (Å²) in [7, 11) is 0. The Morgan fingerprint density at radius 3 is 2.51 bits per heavy atom. The molecule has 2 N–H and O–H groups in total. The number of hydrogen-bond donors (Lipinski definition) is 2. The van der Waals surface area contributed by atoms with Crippen molar-refractivity contribution in [3.63, 3.8) is 0 Å². The predicted octanol–water partition coefficient (Wildman–Crippen LogP) is 3.61. The molecule has 10 nitrogen and oxygen atoms in total. The molecule has 5 rings (SSSR count). The highest BCUT2D eigenvalue weighted by Crippen LogP contribution is 2.22. The molecule has 1 aliphatic heterocycles. The largest absolute Gasteiger partial charge is 0.345 e. The molecule has 11 heteroatoms. The number of benzene rings is 1. The number of carbonyl (C=O) groups is 1. The number of amides is 1. The zero-order chi connectivity index (χ0) is 24.0. The first-order chi connectivity index (χ1) is 17.2. The predicted molar refractivity (Wildman–Crippen MR) is 138 cm³/mol. The van der Waals surface area contributed by atoms with Gasteiger partial charge in [0.1, 0.15) is 11.6 Å². The maximum absolute atomic E-state index is 12.7. The maximum Gasteiger partial charge on any atom is 0.255 e. The highest BCUT2D eigenvalue weighted by Gasteiger charge is 2.22. The lowest BCUT2D eigenvalue weighted by Gasteiger charge is -2.34. The Labute approximate surface area is 207 Å². The first-order valence-electron chi connectivity index (χ1n) is 11.4. The number of para-hydroxylation sites is 1. The second-order valence-electron chi connectivity index (χ2n) is 7.89. The molecule has 1 fully saturated rings. The van der Waals surface area contributed by atoms with Crippen molar-refractivity contribution in [1.82, 2.24) is 24.9 Å². The quantitative estimate of drug-likeness (QED) is 0.404. The lowest BCUT2D eigenvalue weighted by Crippen LogP contribution is -2.47. The van der Waals surface area contributed by atoms with Gasteiger partial charge < -0.3 is 20.4 Å². The molecule has 1 aliphatic rings. The van der Waals surface area contributed by atoms with Crippen LogP contribution in [0.3, 0.4) is 0 Å². The van der Waals surface area contributed by atoms with Crippen LogP contribution < -0.4 is 20.4 Å². The molecule has 1 saturated heterocycles. The molecule has 0 atom stereocenters. The van der Waals surface area contributed by atoms with Crippen LogP contribution >= 0.6 is 11.3 Å². The van der Waals surface area contributed by atoms with Gasteiger partial charge in [0.25, 0.3) is 5.91 Å². The molecule has 0 unspecified atom stereocenters. The average Bonchev–Trinajstić information content (AvgIpc) is 3.44. The monoisotopic (exact) mass is 487 g/mol. The highest BCUT2D eigenvalue weighted by atomic mass is 32.1. The van der Waals surface area contributed by atoms with E-state index in [1.54, 1.807) is 29.7 Å². The molecule has 178 valence electrons. The van der Waals surface area contributed by atoms with E-state index in [2.05, 4.69) is 45.4 Å². The van der Waals surface area contributed by atoms with Crippen molar-refractivity contribution in [2.75, 3.05) is 46.6 Å². The van der Waals surface area contributed by atoms with E-state index in [0.29, 0.717) is 35.5 Å². The molecule has 0 aliphatic carbocycles. The third-order valence-electron chi connectivity index (χ3n) is 5.53. The van der Waals surface area contributed by atoms with Crippen molar-refractivity contribution < 1.29 is 4.79 Å². The number of carbonyl (C=O) groups excluding carboxylic acids is 1. The van der Waals surface area contributed by atoms with Gasteiger partial charge in [-0.15, -0.1) is 11.3 Å². The van der Waals surface area contributed by atoms with Gasteiger partial charge in [0.05, 0.1) is 0 Å². The third kappa shape index (κ3) is 5.52. The van der Waals surface area contributed by atoms with E-state index in [-0.39, 0.29) is 5.91 Å². The summed E-state index contributed by atoms with van der Waals surface area (Å²) in [6.07, 6.45) is 4.09. The highest BCUT2D eigenvalue weighted by molar-refractivity contribution is 7.13. The van der Waals surface area contributed by atoms with Crippen LogP contribution in [0.25, 0.3) is 0 Å². The number of thiazole rings is 1.